The van der Waals surface area contributed by atoms with E-state index in [1.54, 1.807) is 0 Å². The van der Waals surface area contributed by atoms with E-state index in [-0.39, 0.29) is 5.60 Å². The van der Waals surface area contributed by atoms with Gasteiger partial charge in [-0.1, -0.05) is 24.3 Å². The van der Waals surface area contributed by atoms with E-state index in [0.717, 1.165) is 12.2 Å². The summed E-state index contributed by atoms with van der Waals surface area (Å²) >= 11 is 0. The molecule has 0 unspecified atom stereocenters. The molecule has 60 valence electrons. The van der Waals surface area contributed by atoms with Crippen LogP contribution in [-0.4, -0.2) is 6.61 Å². The molecule has 1 aromatic rings. The van der Waals surface area contributed by atoms with Crippen molar-refractivity contribution in [3.8, 4) is 0 Å². The highest BCUT2D eigenvalue weighted by Crippen LogP contribution is 2.38. The predicted molar refractivity (Wildman–Crippen MR) is 46.0 cm³/mol. The molecule has 0 amide bonds. The van der Waals surface area contributed by atoms with E-state index in [9.17, 15) is 0 Å². The number of benzene rings is 1. The van der Waals surface area contributed by atoms with Crippen molar-refractivity contribution in [3.63, 3.8) is 0 Å². The van der Waals surface area contributed by atoms with Gasteiger partial charge in [0.25, 0.3) is 0 Å². The lowest BCUT2D eigenvalue weighted by molar-refractivity contribution is 0.329. The molecule has 12 heavy (non-hydrogen) atoms. The zero-order chi connectivity index (χ0) is 8.60. The molecule has 1 saturated heterocycles. The van der Waals surface area contributed by atoms with Crippen molar-refractivity contribution >= 4 is 5.69 Å². The summed E-state index contributed by atoms with van der Waals surface area (Å²) in [5.41, 5.74) is 1.68. The summed E-state index contributed by atoms with van der Waals surface area (Å²) in [5, 5.41) is 0. The Morgan fingerprint density at radius 1 is 1.58 bits per heavy atom. The van der Waals surface area contributed by atoms with Crippen LogP contribution in [0, 0.1) is 6.57 Å². The first-order valence-corrected chi connectivity index (χ1v) is 3.86. The minimum atomic E-state index is -0.110. The summed E-state index contributed by atoms with van der Waals surface area (Å²) in [6.07, 6.45) is 0. The van der Waals surface area contributed by atoms with Crippen LogP contribution in [0.3, 0.4) is 0 Å². The monoisotopic (exact) mass is 159 g/mol. The number of nitrogens with zero attached hydrogens (tertiary/aromatic N) is 1. The van der Waals surface area contributed by atoms with E-state index in [2.05, 4.69) is 4.85 Å². The average Bonchev–Trinajstić information content (AvgIpc) is 2.85. The average molecular weight is 159 g/mol. The second kappa shape index (κ2) is 2.33. The number of ether oxygens (including phenoxy) is 1. The molecule has 2 heteroatoms. The number of hydrogen-bond donors (Lipinski definition) is 0. The van der Waals surface area contributed by atoms with Crippen LogP contribution < -0.4 is 0 Å². The lowest BCUT2D eigenvalue weighted by atomic mass is 10.0. The highest BCUT2D eigenvalue weighted by Gasteiger charge is 2.40. The zero-order valence-corrected chi connectivity index (χ0v) is 6.87. The topological polar surface area (TPSA) is 16.9 Å². The maximum Gasteiger partial charge on any atom is 0.187 e. The number of hydrogen-bond acceptors (Lipinski definition) is 1. The molecule has 0 radical (unpaired) electrons. The first-order chi connectivity index (χ1) is 5.74. The van der Waals surface area contributed by atoms with Crippen molar-refractivity contribution in [3.05, 3.63) is 41.2 Å². The molecule has 2 nitrogen and oxygen atoms in total. The van der Waals surface area contributed by atoms with Crippen LogP contribution in [-0.2, 0) is 10.3 Å². The van der Waals surface area contributed by atoms with Gasteiger partial charge in [-0.05, 0) is 12.5 Å². The van der Waals surface area contributed by atoms with Crippen molar-refractivity contribution in [1.82, 2.24) is 0 Å². The van der Waals surface area contributed by atoms with E-state index in [0.29, 0.717) is 5.69 Å². The second-order valence-corrected chi connectivity index (χ2v) is 3.18. The quantitative estimate of drug-likeness (QED) is 0.454. The fourth-order valence-corrected chi connectivity index (χ4v) is 1.18. The van der Waals surface area contributed by atoms with Gasteiger partial charge in [-0.15, -0.1) is 0 Å². The lowest BCUT2D eigenvalue weighted by Crippen LogP contribution is -2.00. The number of epoxide rings is 1. The Balaban J connectivity index is 2.40. The summed E-state index contributed by atoms with van der Waals surface area (Å²) in [5.74, 6) is 0. The molecular formula is C10H9NO. The van der Waals surface area contributed by atoms with Crippen LogP contribution in [0.25, 0.3) is 4.85 Å². The first kappa shape index (κ1) is 7.33. The van der Waals surface area contributed by atoms with Gasteiger partial charge in [0.05, 0.1) is 13.2 Å². The first-order valence-electron chi connectivity index (χ1n) is 3.86. The van der Waals surface area contributed by atoms with Gasteiger partial charge in [0.15, 0.2) is 5.69 Å². The Kier molecular flexibility index (Phi) is 1.42. The standard InChI is InChI=1S/C10H9NO/c1-10(7-12-10)8-4-3-5-9(6-8)11-2/h3-6H,7H2,1H3/t10-/m1/s1. The third-order valence-corrected chi connectivity index (χ3v) is 2.16. The molecule has 0 saturated carbocycles. The fourth-order valence-electron chi connectivity index (χ4n) is 1.18. The van der Waals surface area contributed by atoms with Crippen LogP contribution in [0.1, 0.15) is 12.5 Å². The maximum absolute atomic E-state index is 6.85. The van der Waals surface area contributed by atoms with Crippen molar-refractivity contribution in [1.29, 1.82) is 0 Å². The second-order valence-electron chi connectivity index (χ2n) is 3.18. The van der Waals surface area contributed by atoms with Crippen molar-refractivity contribution in [2.75, 3.05) is 6.61 Å². The maximum atomic E-state index is 6.85. The van der Waals surface area contributed by atoms with Crippen LogP contribution >= 0.6 is 0 Å². The van der Waals surface area contributed by atoms with Crippen molar-refractivity contribution in [2.45, 2.75) is 12.5 Å². The van der Waals surface area contributed by atoms with Gasteiger partial charge in [-0.25, -0.2) is 4.85 Å². The van der Waals surface area contributed by atoms with Crippen LogP contribution in [0.2, 0.25) is 0 Å². The molecule has 0 bridgehead atoms. The van der Waals surface area contributed by atoms with E-state index >= 15 is 0 Å². The zero-order valence-electron chi connectivity index (χ0n) is 6.87. The Labute approximate surface area is 71.6 Å². The SMILES string of the molecule is [C-]#[N+]c1cccc([C@@]2(C)CO2)c1. The van der Waals surface area contributed by atoms with Gasteiger partial charge in [0.2, 0.25) is 0 Å². The van der Waals surface area contributed by atoms with Crippen molar-refractivity contribution in [2.24, 2.45) is 0 Å². The van der Waals surface area contributed by atoms with E-state index in [1.165, 1.54) is 0 Å². The fraction of sp³-hybridized carbons (Fsp3) is 0.300. The van der Waals surface area contributed by atoms with E-state index in [1.807, 2.05) is 31.2 Å². The normalized spacial score (nSPS) is 26.3. The van der Waals surface area contributed by atoms with Gasteiger partial charge >= 0.3 is 0 Å². The molecular weight excluding hydrogens is 150 g/mol. The Morgan fingerprint density at radius 2 is 2.33 bits per heavy atom. The lowest BCUT2D eigenvalue weighted by Gasteiger charge is -2.04. The molecule has 2 rings (SSSR count). The van der Waals surface area contributed by atoms with E-state index < -0.39 is 0 Å². The summed E-state index contributed by atoms with van der Waals surface area (Å²) in [6.45, 7) is 9.66. The Morgan fingerprint density at radius 3 is 2.92 bits per heavy atom. The van der Waals surface area contributed by atoms with Gasteiger partial charge in [-0.3, -0.25) is 0 Å². The summed E-state index contributed by atoms with van der Waals surface area (Å²) in [6, 6.07) is 7.60. The molecule has 0 aliphatic carbocycles. The molecule has 0 aromatic heterocycles. The molecule has 0 spiro atoms. The highest BCUT2D eigenvalue weighted by atomic mass is 16.6. The van der Waals surface area contributed by atoms with E-state index in [4.69, 9.17) is 11.3 Å². The molecule has 1 aliphatic rings. The summed E-state index contributed by atoms with van der Waals surface area (Å²) in [7, 11) is 0. The van der Waals surface area contributed by atoms with Crippen LogP contribution in [0.4, 0.5) is 5.69 Å². The molecule has 1 fully saturated rings. The molecule has 1 aliphatic heterocycles. The summed E-state index contributed by atoms with van der Waals surface area (Å²) < 4.78 is 5.28. The van der Waals surface area contributed by atoms with Crippen molar-refractivity contribution < 1.29 is 4.74 Å². The van der Waals surface area contributed by atoms with Gasteiger partial charge < -0.3 is 4.74 Å². The van der Waals surface area contributed by atoms with Crippen LogP contribution in [0.15, 0.2) is 24.3 Å². The smallest absolute Gasteiger partial charge is 0.187 e. The molecule has 1 aromatic carbocycles. The van der Waals surface area contributed by atoms with Gasteiger partial charge in [-0.2, -0.15) is 0 Å². The predicted octanol–water partition coefficient (Wildman–Crippen LogP) is 2.48. The largest absolute Gasteiger partial charge is 0.365 e. The minimum absolute atomic E-state index is 0.110. The van der Waals surface area contributed by atoms with Crippen LogP contribution in [0.5, 0.6) is 0 Å². The third kappa shape index (κ3) is 1.09. The van der Waals surface area contributed by atoms with Gasteiger partial charge in [0.1, 0.15) is 5.60 Å². The highest BCUT2D eigenvalue weighted by molar-refractivity contribution is 5.48. The minimum Gasteiger partial charge on any atom is -0.365 e. The third-order valence-electron chi connectivity index (χ3n) is 2.16. The molecule has 1 heterocycles. The van der Waals surface area contributed by atoms with Gasteiger partial charge in [0, 0.05) is 0 Å². The Hall–Kier alpha value is -1.33. The Bertz CT molecular complexity index is 347. The number of rotatable bonds is 1. The summed E-state index contributed by atoms with van der Waals surface area (Å²) in [4.78, 5) is 3.37. The molecule has 0 N–H and O–H groups in total. The molecule has 1 atom stereocenters.